The molecule has 102 valence electrons. The van der Waals surface area contributed by atoms with Crippen molar-refractivity contribution in [2.45, 2.75) is 0 Å². The number of para-hydroxylation sites is 2. The highest BCUT2D eigenvalue weighted by molar-refractivity contribution is 5.94. The van der Waals surface area contributed by atoms with Gasteiger partial charge in [-0.2, -0.15) is 0 Å². The van der Waals surface area contributed by atoms with E-state index in [1.807, 2.05) is 24.3 Å². The molecule has 0 radical (unpaired) electrons. The first-order valence-corrected chi connectivity index (χ1v) is 6.32. The van der Waals surface area contributed by atoms with E-state index in [4.69, 9.17) is 4.74 Å². The first-order valence-electron chi connectivity index (χ1n) is 6.32. The molecule has 2 aromatic carbocycles. The van der Waals surface area contributed by atoms with E-state index in [0.29, 0.717) is 18.8 Å². The fourth-order valence-corrected chi connectivity index (χ4v) is 2.13. The summed E-state index contributed by atoms with van der Waals surface area (Å²) in [5.74, 6) is -0.0373. The molecule has 0 unspecified atom stereocenters. The predicted octanol–water partition coefficient (Wildman–Crippen LogP) is 3.26. The molecule has 0 bridgehead atoms. The fraction of sp³-hybridized carbons (Fsp3) is 0.133. The number of carbonyl (C=O) groups is 1. The van der Waals surface area contributed by atoms with Gasteiger partial charge >= 0.3 is 6.09 Å². The quantitative estimate of drug-likeness (QED) is 0.866. The van der Waals surface area contributed by atoms with Crippen molar-refractivity contribution in [1.29, 1.82) is 0 Å². The molecule has 1 aliphatic rings. The Morgan fingerprint density at radius 3 is 2.70 bits per heavy atom. The van der Waals surface area contributed by atoms with Gasteiger partial charge in [-0.3, -0.25) is 4.90 Å². The van der Waals surface area contributed by atoms with Gasteiger partial charge in [0.05, 0.1) is 11.4 Å². The van der Waals surface area contributed by atoms with Crippen LogP contribution >= 0.6 is 0 Å². The first-order chi connectivity index (χ1) is 9.74. The van der Waals surface area contributed by atoms with Crippen molar-refractivity contribution in [2.24, 2.45) is 0 Å². The van der Waals surface area contributed by atoms with Crippen molar-refractivity contribution in [3.8, 4) is 5.75 Å². The molecule has 0 fully saturated rings. The maximum Gasteiger partial charge on any atom is 0.419 e. The molecule has 4 nitrogen and oxygen atoms in total. The van der Waals surface area contributed by atoms with Crippen LogP contribution in [-0.2, 0) is 0 Å². The van der Waals surface area contributed by atoms with Gasteiger partial charge < -0.3 is 10.1 Å². The van der Waals surface area contributed by atoms with E-state index < -0.39 is 6.09 Å². The number of anilines is 2. The van der Waals surface area contributed by atoms with E-state index in [1.165, 1.54) is 24.3 Å². The Kier molecular flexibility index (Phi) is 3.25. The summed E-state index contributed by atoms with van der Waals surface area (Å²) in [4.78, 5) is 13.8. The lowest BCUT2D eigenvalue weighted by Gasteiger charge is -2.29. The van der Waals surface area contributed by atoms with Crippen LogP contribution in [0.3, 0.4) is 0 Å². The SMILES string of the molecule is O=C(Oc1ccc(F)cc1)N1CCNc2ccccc21. The highest BCUT2D eigenvalue weighted by atomic mass is 19.1. The molecular formula is C15H13FN2O2. The molecule has 0 spiro atoms. The van der Waals surface area contributed by atoms with E-state index >= 15 is 0 Å². The molecule has 20 heavy (non-hydrogen) atoms. The van der Waals surface area contributed by atoms with Gasteiger partial charge in [-0.05, 0) is 36.4 Å². The Morgan fingerprint density at radius 2 is 1.90 bits per heavy atom. The molecule has 0 saturated heterocycles. The zero-order valence-corrected chi connectivity index (χ0v) is 10.7. The van der Waals surface area contributed by atoms with Crippen molar-refractivity contribution in [1.82, 2.24) is 0 Å². The Balaban J connectivity index is 1.80. The number of carbonyl (C=O) groups excluding carboxylic acids is 1. The first kappa shape index (κ1) is 12.5. The molecular weight excluding hydrogens is 259 g/mol. The van der Waals surface area contributed by atoms with Gasteiger partial charge in [-0.25, -0.2) is 9.18 Å². The van der Waals surface area contributed by atoms with Gasteiger partial charge in [0.25, 0.3) is 0 Å². The lowest BCUT2D eigenvalue weighted by molar-refractivity contribution is 0.207. The molecule has 1 aliphatic heterocycles. The Hall–Kier alpha value is -2.56. The second-order valence-electron chi connectivity index (χ2n) is 4.42. The number of halogens is 1. The predicted molar refractivity (Wildman–Crippen MR) is 74.7 cm³/mol. The number of hydrogen-bond acceptors (Lipinski definition) is 3. The number of fused-ring (bicyclic) bond motifs is 1. The zero-order chi connectivity index (χ0) is 13.9. The van der Waals surface area contributed by atoms with Crippen molar-refractivity contribution >= 4 is 17.5 Å². The number of nitrogens with one attached hydrogen (secondary N) is 1. The smallest absolute Gasteiger partial charge is 0.410 e. The average molecular weight is 272 g/mol. The minimum Gasteiger partial charge on any atom is -0.410 e. The van der Waals surface area contributed by atoms with Crippen LogP contribution in [0.4, 0.5) is 20.6 Å². The topological polar surface area (TPSA) is 41.6 Å². The van der Waals surface area contributed by atoms with E-state index in [1.54, 1.807) is 4.90 Å². The Morgan fingerprint density at radius 1 is 1.15 bits per heavy atom. The van der Waals surface area contributed by atoms with Crippen LogP contribution in [0, 0.1) is 5.82 Å². The summed E-state index contributed by atoms with van der Waals surface area (Å²) in [6.07, 6.45) is -0.467. The van der Waals surface area contributed by atoms with Crippen LogP contribution in [0.5, 0.6) is 5.75 Å². The van der Waals surface area contributed by atoms with E-state index in [2.05, 4.69) is 5.32 Å². The van der Waals surface area contributed by atoms with Crippen molar-refractivity contribution in [3.63, 3.8) is 0 Å². The molecule has 0 aromatic heterocycles. The molecule has 0 aliphatic carbocycles. The van der Waals surface area contributed by atoms with E-state index in [-0.39, 0.29) is 5.82 Å². The lowest BCUT2D eigenvalue weighted by atomic mass is 10.2. The lowest BCUT2D eigenvalue weighted by Crippen LogP contribution is -2.40. The molecule has 1 heterocycles. The minimum absolute atomic E-state index is 0.326. The van der Waals surface area contributed by atoms with E-state index in [9.17, 15) is 9.18 Å². The second kappa shape index (κ2) is 5.21. The van der Waals surface area contributed by atoms with Gasteiger partial charge in [0.15, 0.2) is 0 Å². The standard InChI is InChI=1S/C15H13FN2O2/c16-11-5-7-12(8-6-11)20-15(19)18-10-9-17-13-3-1-2-4-14(13)18/h1-8,17H,9-10H2. The van der Waals surface area contributed by atoms with Crippen LogP contribution < -0.4 is 15.0 Å². The summed E-state index contributed by atoms with van der Waals surface area (Å²) in [7, 11) is 0. The summed E-state index contributed by atoms with van der Waals surface area (Å²) < 4.78 is 18.1. The second-order valence-corrected chi connectivity index (χ2v) is 4.42. The summed E-state index contributed by atoms with van der Waals surface area (Å²) in [6, 6.07) is 12.9. The van der Waals surface area contributed by atoms with Gasteiger partial charge in [-0.15, -0.1) is 0 Å². The third-order valence-corrected chi connectivity index (χ3v) is 3.08. The molecule has 1 amide bonds. The maximum atomic E-state index is 12.8. The van der Waals surface area contributed by atoms with Gasteiger partial charge in [-0.1, -0.05) is 12.1 Å². The van der Waals surface area contributed by atoms with Crippen molar-refractivity contribution in [2.75, 3.05) is 23.3 Å². The number of nitrogens with zero attached hydrogens (tertiary/aromatic N) is 1. The van der Waals surface area contributed by atoms with Crippen LogP contribution in [0.15, 0.2) is 48.5 Å². The zero-order valence-electron chi connectivity index (χ0n) is 10.7. The van der Waals surface area contributed by atoms with Crippen LogP contribution in [0.1, 0.15) is 0 Å². The monoisotopic (exact) mass is 272 g/mol. The summed E-state index contributed by atoms with van der Waals surface area (Å²) in [6.45, 7) is 1.19. The fourth-order valence-electron chi connectivity index (χ4n) is 2.13. The van der Waals surface area contributed by atoms with E-state index in [0.717, 1.165) is 11.4 Å². The molecule has 5 heteroatoms. The molecule has 1 N–H and O–H groups in total. The molecule has 3 rings (SSSR count). The molecule has 0 saturated carbocycles. The van der Waals surface area contributed by atoms with Crippen molar-refractivity contribution in [3.05, 3.63) is 54.3 Å². The Labute approximate surface area is 115 Å². The highest BCUT2D eigenvalue weighted by Gasteiger charge is 2.23. The summed E-state index contributed by atoms with van der Waals surface area (Å²) in [5.41, 5.74) is 1.68. The summed E-state index contributed by atoms with van der Waals surface area (Å²) in [5, 5.41) is 3.22. The number of amides is 1. The van der Waals surface area contributed by atoms with Crippen LogP contribution in [0.25, 0.3) is 0 Å². The average Bonchev–Trinajstić information content (AvgIpc) is 2.49. The maximum absolute atomic E-state index is 12.8. The number of benzene rings is 2. The largest absolute Gasteiger partial charge is 0.419 e. The van der Waals surface area contributed by atoms with Crippen LogP contribution in [-0.4, -0.2) is 19.2 Å². The third kappa shape index (κ3) is 2.42. The molecule has 2 aromatic rings. The minimum atomic E-state index is -0.467. The normalized spacial score (nSPS) is 13.3. The third-order valence-electron chi connectivity index (χ3n) is 3.08. The highest BCUT2D eigenvalue weighted by Crippen LogP contribution is 2.29. The van der Waals surface area contributed by atoms with Crippen LogP contribution in [0.2, 0.25) is 0 Å². The van der Waals surface area contributed by atoms with Crippen molar-refractivity contribution < 1.29 is 13.9 Å². The number of rotatable bonds is 1. The number of ether oxygens (including phenoxy) is 1. The summed E-state index contributed by atoms with van der Waals surface area (Å²) >= 11 is 0. The van der Waals surface area contributed by atoms with Gasteiger partial charge in [0.2, 0.25) is 0 Å². The molecule has 0 atom stereocenters. The Bertz CT molecular complexity index is 628. The van der Waals surface area contributed by atoms with Gasteiger partial charge in [0, 0.05) is 13.1 Å². The van der Waals surface area contributed by atoms with Gasteiger partial charge in [0.1, 0.15) is 11.6 Å². The number of hydrogen-bond donors (Lipinski definition) is 1.